The number of amides is 3. The first kappa shape index (κ1) is 18.5. The van der Waals surface area contributed by atoms with Gasteiger partial charge in [-0.3, -0.25) is 19.8 Å². The van der Waals surface area contributed by atoms with Crippen molar-refractivity contribution in [3.63, 3.8) is 0 Å². The largest absolute Gasteiger partial charge is 0.507 e. The van der Waals surface area contributed by atoms with Crippen molar-refractivity contribution in [2.24, 2.45) is 0 Å². The molecule has 2 aromatic rings. The van der Waals surface area contributed by atoms with Gasteiger partial charge in [-0.05, 0) is 48.0 Å². The lowest BCUT2D eigenvalue weighted by Gasteiger charge is -2.14. The number of hydrazine groups is 1. The van der Waals surface area contributed by atoms with Crippen LogP contribution < -0.4 is 5.43 Å². The van der Waals surface area contributed by atoms with Gasteiger partial charge in [0.1, 0.15) is 5.75 Å². The van der Waals surface area contributed by atoms with Crippen LogP contribution in [-0.4, -0.2) is 27.2 Å². The molecule has 0 saturated carbocycles. The highest BCUT2D eigenvalue weighted by molar-refractivity contribution is 8.18. The first-order valence-electron chi connectivity index (χ1n) is 8.06. The lowest BCUT2D eigenvalue weighted by atomic mass is 10.1. The van der Waals surface area contributed by atoms with E-state index in [1.807, 2.05) is 43.3 Å². The van der Waals surface area contributed by atoms with Gasteiger partial charge in [0.05, 0.1) is 10.5 Å². The zero-order valence-corrected chi connectivity index (χ0v) is 15.2. The van der Waals surface area contributed by atoms with E-state index in [-0.39, 0.29) is 16.2 Å². The van der Waals surface area contributed by atoms with Crippen LogP contribution in [0, 0.1) is 0 Å². The molecule has 0 aromatic heterocycles. The second kappa shape index (κ2) is 7.92. The Morgan fingerprint density at radius 1 is 1.07 bits per heavy atom. The minimum absolute atomic E-state index is 0.0271. The number of nitrogens with zero attached hydrogens (tertiary/aromatic N) is 1. The first-order chi connectivity index (χ1) is 13.0. The fourth-order valence-corrected chi connectivity index (χ4v) is 3.28. The van der Waals surface area contributed by atoms with Gasteiger partial charge in [0.25, 0.3) is 11.8 Å². The van der Waals surface area contributed by atoms with Crippen molar-refractivity contribution in [1.82, 2.24) is 10.4 Å². The third-order valence-corrected chi connectivity index (χ3v) is 4.58. The van der Waals surface area contributed by atoms with Crippen molar-refractivity contribution in [1.29, 1.82) is 0 Å². The fourth-order valence-electron chi connectivity index (χ4n) is 2.45. The van der Waals surface area contributed by atoms with Gasteiger partial charge in [0.2, 0.25) is 0 Å². The summed E-state index contributed by atoms with van der Waals surface area (Å²) in [5.74, 6) is -1.60. The number of rotatable bonds is 4. The van der Waals surface area contributed by atoms with Crippen LogP contribution in [-0.2, 0) is 4.79 Å². The van der Waals surface area contributed by atoms with Crippen LogP contribution >= 0.6 is 11.8 Å². The minimum atomic E-state index is -0.742. The summed E-state index contributed by atoms with van der Waals surface area (Å²) in [5, 5.41) is 9.77. The predicted octanol–water partition coefficient (Wildman–Crippen LogP) is 3.72. The number of para-hydroxylation sites is 1. The topological polar surface area (TPSA) is 86.7 Å². The highest BCUT2D eigenvalue weighted by Gasteiger charge is 2.37. The number of nitrogens with one attached hydrogen (secondary N) is 1. The highest BCUT2D eigenvalue weighted by atomic mass is 32.2. The van der Waals surface area contributed by atoms with Gasteiger partial charge in [0, 0.05) is 0 Å². The number of carbonyl (C=O) groups excluding carboxylic acids is 3. The third-order valence-electron chi connectivity index (χ3n) is 3.71. The Hall–Kier alpha value is -3.32. The Labute approximate surface area is 160 Å². The van der Waals surface area contributed by atoms with Crippen LogP contribution in [0.3, 0.4) is 0 Å². The summed E-state index contributed by atoms with van der Waals surface area (Å²) in [6.45, 7) is 1.82. The number of imide groups is 1. The van der Waals surface area contributed by atoms with Gasteiger partial charge in [-0.25, -0.2) is 0 Å². The highest BCUT2D eigenvalue weighted by Crippen LogP contribution is 2.31. The van der Waals surface area contributed by atoms with Crippen molar-refractivity contribution in [3.05, 3.63) is 82.3 Å². The number of aromatic hydroxyl groups is 1. The van der Waals surface area contributed by atoms with E-state index in [1.54, 1.807) is 18.2 Å². The van der Waals surface area contributed by atoms with Crippen LogP contribution in [0.5, 0.6) is 5.75 Å². The summed E-state index contributed by atoms with van der Waals surface area (Å²) in [5.41, 5.74) is 3.98. The Morgan fingerprint density at radius 2 is 1.74 bits per heavy atom. The van der Waals surface area contributed by atoms with Gasteiger partial charge >= 0.3 is 5.24 Å². The van der Waals surface area contributed by atoms with E-state index in [1.165, 1.54) is 12.1 Å². The lowest BCUT2D eigenvalue weighted by Crippen LogP contribution is -2.44. The number of hydrogen-bond acceptors (Lipinski definition) is 5. The molecule has 0 unspecified atom stereocenters. The molecule has 7 heteroatoms. The molecule has 27 heavy (non-hydrogen) atoms. The summed E-state index contributed by atoms with van der Waals surface area (Å²) in [7, 11) is 0. The molecule has 2 N–H and O–H groups in total. The van der Waals surface area contributed by atoms with Gasteiger partial charge in [0.15, 0.2) is 0 Å². The molecule has 0 aliphatic carbocycles. The zero-order chi connectivity index (χ0) is 19.4. The van der Waals surface area contributed by atoms with Crippen LogP contribution in [0.25, 0.3) is 6.08 Å². The van der Waals surface area contributed by atoms with E-state index in [0.29, 0.717) is 5.01 Å². The number of allylic oxidation sites excluding steroid dienone is 2. The summed E-state index contributed by atoms with van der Waals surface area (Å²) in [6, 6.07) is 15.4. The van der Waals surface area contributed by atoms with Gasteiger partial charge in [-0.15, -0.1) is 0 Å². The average Bonchev–Trinajstić information content (AvgIpc) is 2.90. The summed E-state index contributed by atoms with van der Waals surface area (Å²) >= 11 is 0.743. The number of hydrogen-bond donors (Lipinski definition) is 2. The number of benzene rings is 2. The molecule has 1 saturated heterocycles. The second-order valence-corrected chi connectivity index (χ2v) is 6.77. The molecule has 0 radical (unpaired) electrons. The van der Waals surface area contributed by atoms with Crippen molar-refractivity contribution in [2.45, 2.75) is 6.92 Å². The SMILES string of the molecule is CC(/C=C1\SC(=O)N(NC(=O)c2ccccc2O)C1=O)=C\c1ccccc1. The monoisotopic (exact) mass is 380 g/mol. The van der Waals surface area contributed by atoms with Gasteiger partial charge in [-0.1, -0.05) is 48.5 Å². The maximum Gasteiger partial charge on any atom is 0.312 e. The first-order valence-corrected chi connectivity index (χ1v) is 8.87. The Kier molecular flexibility index (Phi) is 5.42. The molecule has 3 rings (SSSR count). The van der Waals surface area contributed by atoms with Gasteiger partial charge < -0.3 is 5.11 Å². The molecule has 1 fully saturated rings. The Bertz CT molecular complexity index is 967. The number of thioether (sulfide) groups is 1. The summed E-state index contributed by atoms with van der Waals surface area (Å²) in [4.78, 5) is 37.0. The number of phenolic OH excluding ortho intramolecular Hbond substituents is 1. The standard InChI is InChI=1S/C20H16N2O4S/c1-13(11-14-7-3-2-4-8-14)12-17-19(25)22(20(26)27-17)21-18(24)15-9-5-6-10-16(15)23/h2-12,23H,1H3,(H,21,24)/b13-11+,17-12-. The molecule has 2 aromatic carbocycles. The molecule has 136 valence electrons. The maximum atomic E-state index is 12.5. The van der Waals surface area contributed by atoms with Crippen molar-refractivity contribution < 1.29 is 19.5 Å². The van der Waals surface area contributed by atoms with Crippen molar-refractivity contribution in [3.8, 4) is 5.75 Å². The molecule has 0 bridgehead atoms. The van der Waals surface area contributed by atoms with E-state index in [0.717, 1.165) is 22.9 Å². The molecular weight excluding hydrogens is 364 g/mol. The van der Waals surface area contributed by atoms with E-state index in [4.69, 9.17) is 0 Å². The third kappa shape index (κ3) is 4.27. The molecule has 0 spiro atoms. The molecule has 1 heterocycles. The van der Waals surface area contributed by atoms with Crippen LogP contribution in [0.4, 0.5) is 4.79 Å². The van der Waals surface area contributed by atoms with Gasteiger partial charge in [-0.2, -0.15) is 5.01 Å². The van der Waals surface area contributed by atoms with Crippen LogP contribution in [0.1, 0.15) is 22.8 Å². The van der Waals surface area contributed by atoms with Crippen molar-refractivity contribution >= 4 is 34.9 Å². The zero-order valence-electron chi connectivity index (χ0n) is 14.4. The van der Waals surface area contributed by atoms with E-state index < -0.39 is 17.1 Å². The van der Waals surface area contributed by atoms with E-state index in [9.17, 15) is 19.5 Å². The summed E-state index contributed by atoms with van der Waals surface area (Å²) < 4.78 is 0. The fraction of sp³-hybridized carbons (Fsp3) is 0.0500. The minimum Gasteiger partial charge on any atom is -0.507 e. The van der Waals surface area contributed by atoms with E-state index in [2.05, 4.69) is 5.43 Å². The summed E-state index contributed by atoms with van der Waals surface area (Å²) in [6.07, 6.45) is 3.48. The lowest BCUT2D eigenvalue weighted by molar-refractivity contribution is -0.124. The van der Waals surface area contributed by atoms with E-state index >= 15 is 0 Å². The second-order valence-electron chi connectivity index (χ2n) is 5.77. The number of phenols is 1. The number of carbonyl (C=O) groups is 3. The average molecular weight is 380 g/mol. The van der Waals surface area contributed by atoms with Crippen LogP contribution in [0.2, 0.25) is 0 Å². The Balaban J connectivity index is 1.76. The normalized spacial score (nSPS) is 16.1. The molecule has 6 nitrogen and oxygen atoms in total. The Morgan fingerprint density at radius 3 is 2.44 bits per heavy atom. The smallest absolute Gasteiger partial charge is 0.312 e. The van der Waals surface area contributed by atoms with Crippen molar-refractivity contribution in [2.75, 3.05) is 0 Å². The molecule has 1 aliphatic rings. The van der Waals surface area contributed by atoms with Crippen LogP contribution in [0.15, 0.2) is 71.2 Å². The molecular formula is C20H16N2O4S. The molecule has 0 atom stereocenters. The quantitative estimate of drug-likeness (QED) is 0.790. The molecule has 3 amide bonds. The molecule has 1 aliphatic heterocycles. The maximum absolute atomic E-state index is 12.5. The predicted molar refractivity (Wildman–Crippen MR) is 104 cm³/mol.